The molecule has 3 heterocycles. The van der Waals surface area contributed by atoms with Gasteiger partial charge >= 0.3 is 0 Å². The molecular formula is C23H28N4O2. The predicted molar refractivity (Wildman–Crippen MR) is 115 cm³/mol. The number of hydrogen-bond acceptors (Lipinski definition) is 5. The first-order valence-corrected chi connectivity index (χ1v) is 10.4. The van der Waals surface area contributed by atoms with E-state index in [2.05, 4.69) is 21.8 Å². The summed E-state index contributed by atoms with van der Waals surface area (Å²) in [6.07, 6.45) is 5.31. The van der Waals surface area contributed by atoms with Gasteiger partial charge in [0.05, 0.1) is 12.1 Å². The fraction of sp³-hybridized carbons (Fsp3) is 0.435. The molecule has 1 fully saturated rings. The number of aromatic nitrogens is 3. The van der Waals surface area contributed by atoms with Gasteiger partial charge in [-0.1, -0.05) is 6.92 Å². The molecule has 2 aromatic heterocycles. The minimum Gasteiger partial charge on any atom is -0.494 e. The predicted octanol–water partition coefficient (Wildman–Crippen LogP) is 3.50. The Labute approximate surface area is 171 Å². The molecule has 3 aromatic rings. The normalized spacial score (nSPS) is 17.5. The van der Waals surface area contributed by atoms with Gasteiger partial charge < -0.3 is 9.64 Å². The van der Waals surface area contributed by atoms with Crippen LogP contribution in [-0.2, 0) is 7.05 Å². The molecule has 6 nitrogen and oxygen atoms in total. The molecule has 0 saturated carbocycles. The van der Waals surface area contributed by atoms with Crippen LogP contribution >= 0.6 is 0 Å². The molecule has 6 heteroatoms. The van der Waals surface area contributed by atoms with E-state index < -0.39 is 0 Å². The molecule has 0 unspecified atom stereocenters. The van der Waals surface area contributed by atoms with Crippen LogP contribution in [0.3, 0.4) is 0 Å². The SMILES string of the molecule is C[C@H]1CCCN(CCCOc2ccc(-c3nc4cccnc4c(=O)n3C)cc2)C1. The van der Waals surface area contributed by atoms with Gasteiger partial charge in [-0.25, -0.2) is 9.97 Å². The maximum atomic E-state index is 12.5. The molecule has 0 spiro atoms. The van der Waals surface area contributed by atoms with Crippen LogP contribution in [-0.4, -0.2) is 45.7 Å². The van der Waals surface area contributed by atoms with Crippen LogP contribution in [0.1, 0.15) is 26.2 Å². The van der Waals surface area contributed by atoms with Crippen LogP contribution in [0.15, 0.2) is 47.4 Å². The number of hydrogen-bond donors (Lipinski definition) is 0. The van der Waals surface area contributed by atoms with Crippen molar-refractivity contribution in [1.82, 2.24) is 19.4 Å². The third kappa shape index (κ3) is 4.48. The second-order valence-electron chi connectivity index (χ2n) is 7.95. The fourth-order valence-corrected chi connectivity index (χ4v) is 4.02. The second kappa shape index (κ2) is 8.74. The van der Waals surface area contributed by atoms with E-state index in [0.717, 1.165) is 30.2 Å². The Hall–Kier alpha value is -2.73. The Morgan fingerprint density at radius 1 is 1.21 bits per heavy atom. The van der Waals surface area contributed by atoms with Crippen LogP contribution in [0, 0.1) is 5.92 Å². The average Bonchev–Trinajstić information content (AvgIpc) is 2.74. The van der Waals surface area contributed by atoms with Crippen molar-refractivity contribution in [3.63, 3.8) is 0 Å². The number of ether oxygens (including phenoxy) is 1. The highest BCUT2D eigenvalue weighted by molar-refractivity contribution is 5.75. The van der Waals surface area contributed by atoms with E-state index in [1.807, 2.05) is 30.3 Å². The van der Waals surface area contributed by atoms with Gasteiger partial charge in [-0.15, -0.1) is 0 Å². The Bertz CT molecular complexity index is 1030. The van der Waals surface area contributed by atoms with Gasteiger partial charge in [0, 0.05) is 31.9 Å². The first-order valence-electron chi connectivity index (χ1n) is 10.4. The van der Waals surface area contributed by atoms with Crippen LogP contribution in [0.25, 0.3) is 22.4 Å². The lowest BCUT2D eigenvalue weighted by atomic mass is 10.0. The lowest BCUT2D eigenvalue weighted by Gasteiger charge is -2.30. The molecule has 1 aliphatic heterocycles. The molecule has 4 rings (SSSR count). The van der Waals surface area contributed by atoms with Crippen molar-refractivity contribution in [2.45, 2.75) is 26.2 Å². The first-order chi connectivity index (χ1) is 14.1. The number of piperidine rings is 1. The summed E-state index contributed by atoms with van der Waals surface area (Å²) in [5.41, 5.74) is 1.74. The van der Waals surface area contributed by atoms with E-state index in [0.29, 0.717) is 23.5 Å². The first kappa shape index (κ1) is 19.6. The molecule has 1 aromatic carbocycles. The molecule has 29 heavy (non-hydrogen) atoms. The quantitative estimate of drug-likeness (QED) is 0.601. The highest BCUT2D eigenvalue weighted by atomic mass is 16.5. The molecule has 0 bridgehead atoms. The number of likely N-dealkylation sites (tertiary alicyclic amines) is 1. The summed E-state index contributed by atoms with van der Waals surface area (Å²) in [4.78, 5) is 23.9. The maximum absolute atomic E-state index is 12.5. The standard InChI is InChI=1S/C23H28N4O2/c1-17-6-4-13-27(16-17)14-5-15-29-19-10-8-18(9-11-19)22-25-20-7-3-12-24-21(20)23(28)26(22)2/h3,7-12,17H,4-6,13-16H2,1-2H3/t17-/m0/s1. The lowest BCUT2D eigenvalue weighted by Crippen LogP contribution is -2.35. The zero-order valence-corrected chi connectivity index (χ0v) is 17.2. The number of fused-ring (bicyclic) bond motifs is 1. The van der Waals surface area contributed by atoms with Gasteiger partial charge in [-0.05, 0) is 68.1 Å². The van der Waals surface area contributed by atoms with Crippen LogP contribution in [0.2, 0.25) is 0 Å². The number of rotatable bonds is 6. The summed E-state index contributed by atoms with van der Waals surface area (Å²) >= 11 is 0. The van der Waals surface area contributed by atoms with Crippen LogP contribution in [0.5, 0.6) is 5.75 Å². The summed E-state index contributed by atoms with van der Waals surface area (Å²) in [6, 6.07) is 11.4. The van der Waals surface area contributed by atoms with Crippen molar-refractivity contribution in [3.05, 3.63) is 52.9 Å². The Morgan fingerprint density at radius 3 is 2.83 bits per heavy atom. The zero-order chi connectivity index (χ0) is 20.2. The van der Waals surface area contributed by atoms with Crippen molar-refractivity contribution in [2.24, 2.45) is 13.0 Å². The Balaban J connectivity index is 1.39. The van der Waals surface area contributed by atoms with Crippen molar-refractivity contribution in [2.75, 3.05) is 26.2 Å². The summed E-state index contributed by atoms with van der Waals surface area (Å²) in [5.74, 6) is 2.28. The van der Waals surface area contributed by atoms with Crippen LogP contribution < -0.4 is 10.3 Å². The van der Waals surface area contributed by atoms with Gasteiger partial charge in [-0.3, -0.25) is 9.36 Å². The van der Waals surface area contributed by atoms with Gasteiger partial charge in [0.25, 0.3) is 5.56 Å². The number of nitrogens with zero attached hydrogens (tertiary/aromatic N) is 4. The summed E-state index contributed by atoms with van der Waals surface area (Å²) in [7, 11) is 1.73. The summed E-state index contributed by atoms with van der Waals surface area (Å²) in [5, 5.41) is 0. The molecule has 1 atom stereocenters. The van der Waals surface area contributed by atoms with E-state index in [9.17, 15) is 4.79 Å². The molecule has 1 saturated heterocycles. The van der Waals surface area contributed by atoms with Crippen molar-refractivity contribution in [1.29, 1.82) is 0 Å². The van der Waals surface area contributed by atoms with E-state index in [1.54, 1.807) is 23.9 Å². The molecular weight excluding hydrogens is 364 g/mol. The third-order valence-electron chi connectivity index (χ3n) is 5.58. The molecule has 152 valence electrons. The minimum absolute atomic E-state index is 0.141. The summed E-state index contributed by atoms with van der Waals surface area (Å²) < 4.78 is 7.46. The molecule has 1 aliphatic rings. The van der Waals surface area contributed by atoms with Crippen LogP contribution in [0.4, 0.5) is 0 Å². The molecule has 0 radical (unpaired) electrons. The lowest BCUT2D eigenvalue weighted by molar-refractivity contribution is 0.170. The number of pyridine rings is 1. The van der Waals surface area contributed by atoms with Gasteiger partial charge in [-0.2, -0.15) is 0 Å². The fourth-order valence-electron chi connectivity index (χ4n) is 4.02. The average molecular weight is 393 g/mol. The maximum Gasteiger partial charge on any atom is 0.280 e. The van der Waals surface area contributed by atoms with Gasteiger partial charge in [0.2, 0.25) is 0 Å². The molecule has 0 amide bonds. The highest BCUT2D eigenvalue weighted by Gasteiger charge is 2.15. The highest BCUT2D eigenvalue weighted by Crippen LogP contribution is 2.21. The Kier molecular flexibility index (Phi) is 5.90. The third-order valence-corrected chi connectivity index (χ3v) is 5.58. The Morgan fingerprint density at radius 2 is 2.03 bits per heavy atom. The van der Waals surface area contributed by atoms with E-state index in [1.165, 1.54) is 25.9 Å². The zero-order valence-electron chi connectivity index (χ0n) is 17.2. The second-order valence-corrected chi connectivity index (χ2v) is 7.95. The van der Waals surface area contributed by atoms with Crippen molar-refractivity contribution < 1.29 is 4.74 Å². The molecule has 0 N–H and O–H groups in total. The van der Waals surface area contributed by atoms with Crippen molar-refractivity contribution in [3.8, 4) is 17.1 Å². The summed E-state index contributed by atoms with van der Waals surface area (Å²) in [6.45, 7) is 6.57. The van der Waals surface area contributed by atoms with Crippen molar-refractivity contribution >= 4 is 11.0 Å². The largest absolute Gasteiger partial charge is 0.494 e. The van der Waals surface area contributed by atoms with Gasteiger partial charge in [0.15, 0.2) is 5.52 Å². The monoisotopic (exact) mass is 392 g/mol. The topological polar surface area (TPSA) is 60.2 Å². The van der Waals surface area contributed by atoms with E-state index in [-0.39, 0.29) is 5.56 Å². The van der Waals surface area contributed by atoms with E-state index in [4.69, 9.17) is 4.74 Å². The van der Waals surface area contributed by atoms with E-state index >= 15 is 0 Å². The molecule has 0 aliphatic carbocycles. The number of benzene rings is 1. The minimum atomic E-state index is -0.141. The van der Waals surface area contributed by atoms with Gasteiger partial charge in [0.1, 0.15) is 11.6 Å². The smallest absolute Gasteiger partial charge is 0.280 e.